The molecule has 5 nitrogen and oxygen atoms in total. The summed E-state index contributed by atoms with van der Waals surface area (Å²) in [6, 6.07) is 11.0. The van der Waals surface area contributed by atoms with Crippen LogP contribution in [0.4, 0.5) is 0 Å². The summed E-state index contributed by atoms with van der Waals surface area (Å²) in [5.74, 6) is -1.37. The van der Waals surface area contributed by atoms with Gasteiger partial charge in [-0.05, 0) is 25.5 Å². The lowest BCUT2D eigenvalue weighted by atomic mass is 9.87. The smallest absolute Gasteiger partial charge is 0.340 e. The van der Waals surface area contributed by atoms with Gasteiger partial charge in [-0.3, -0.25) is 4.79 Å². The van der Waals surface area contributed by atoms with Gasteiger partial charge in [-0.15, -0.1) is 0 Å². The summed E-state index contributed by atoms with van der Waals surface area (Å²) in [6.45, 7) is 3.43. The average molecular weight is 301 g/mol. The number of carboxylic acids is 1. The highest BCUT2D eigenvalue weighted by molar-refractivity contribution is 5.91. The Labute approximate surface area is 128 Å². The summed E-state index contributed by atoms with van der Waals surface area (Å²) in [5, 5.41) is 9.19. The first-order valence-corrected chi connectivity index (χ1v) is 7.01. The van der Waals surface area contributed by atoms with E-state index in [1.54, 1.807) is 26.1 Å². The van der Waals surface area contributed by atoms with Gasteiger partial charge in [-0.25, -0.2) is 4.79 Å². The average Bonchev–Trinajstić information content (AvgIpc) is 2.93. The fourth-order valence-corrected chi connectivity index (χ4v) is 2.06. The largest absolute Gasteiger partial charge is 0.481 e. The predicted octanol–water partition coefficient (Wildman–Crippen LogP) is 3.03. The van der Waals surface area contributed by atoms with E-state index in [2.05, 4.69) is 4.98 Å². The molecule has 0 saturated heterocycles. The number of hydrogen-bond donors (Lipinski definition) is 2. The zero-order valence-electron chi connectivity index (χ0n) is 12.6. The molecule has 0 aliphatic rings. The van der Waals surface area contributed by atoms with Crippen LogP contribution in [0.3, 0.4) is 0 Å². The van der Waals surface area contributed by atoms with Crippen LogP contribution >= 0.6 is 0 Å². The van der Waals surface area contributed by atoms with E-state index in [-0.39, 0.29) is 13.0 Å². The van der Waals surface area contributed by atoms with Crippen molar-refractivity contribution in [3.63, 3.8) is 0 Å². The first-order chi connectivity index (χ1) is 10.4. The van der Waals surface area contributed by atoms with Gasteiger partial charge >= 0.3 is 11.9 Å². The van der Waals surface area contributed by atoms with Crippen molar-refractivity contribution < 1.29 is 19.4 Å². The maximum Gasteiger partial charge on any atom is 0.340 e. The van der Waals surface area contributed by atoms with Crippen molar-refractivity contribution in [2.75, 3.05) is 0 Å². The quantitative estimate of drug-likeness (QED) is 0.804. The van der Waals surface area contributed by atoms with Crippen LogP contribution in [0.2, 0.25) is 0 Å². The Morgan fingerprint density at radius 1 is 1.18 bits per heavy atom. The van der Waals surface area contributed by atoms with E-state index in [0.717, 1.165) is 5.56 Å². The molecule has 0 unspecified atom stereocenters. The van der Waals surface area contributed by atoms with Gasteiger partial charge in [0.1, 0.15) is 6.61 Å². The minimum atomic E-state index is -0.959. The number of benzene rings is 1. The molecule has 0 fully saturated rings. The van der Waals surface area contributed by atoms with Gasteiger partial charge in [0.2, 0.25) is 0 Å². The number of aromatic nitrogens is 1. The molecule has 0 saturated carbocycles. The molecule has 116 valence electrons. The summed E-state index contributed by atoms with van der Waals surface area (Å²) in [6.07, 6.45) is 1.84. The lowest BCUT2D eigenvalue weighted by Gasteiger charge is -2.18. The van der Waals surface area contributed by atoms with Gasteiger partial charge in [0.25, 0.3) is 0 Å². The van der Waals surface area contributed by atoms with Crippen molar-refractivity contribution in [3.8, 4) is 0 Å². The SMILES string of the molecule is CC(C)(Cc1[nH]ccc1C(=O)OCc1ccccc1)C(=O)O. The maximum absolute atomic E-state index is 12.2. The topological polar surface area (TPSA) is 79.4 Å². The second kappa shape index (κ2) is 6.47. The minimum Gasteiger partial charge on any atom is -0.481 e. The van der Waals surface area contributed by atoms with Gasteiger partial charge in [-0.1, -0.05) is 30.3 Å². The molecule has 0 amide bonds. The Balaban J connectivity index is 2.05. The predicted molar refractivity (Wildman–Crippen MR) is 81.5 cm³/mol. The van der Waals surface area contributed by atoms with Crippen molar-refractivity contribution in [1.82, 2.24) is 4.98 Å². The van der Waals surface area contributed by atoms with Crippen molar-refractivity contribution in [3.05, 3.63) is 59.4 Å². The molecule has 2 rings (SSSR count). The number of carbonyl (C=O) groups is 2. The fraction of sp³-hybridized carbons (Fsp3) is 0.294. The number of nitrogens with one attached hydrogen (secondary N) is 1. The highest BCUT2D eigenvalue weighted by atomic mass is 16.5. The van der Waals surface area contributed by atoms with Gasteiger partial charge in [0.05, 0.1) is 11.0 Å². The molecule has 0 aliphatic carbocycles. The Kier molecular flexibility index (Phi) is 4.65. The molecule has 0 spiro atoms. The first kappa shape index (κ1) is 15.8. The number of esters is 1. The summed E-state index contributed by atoms with van der Waals surface area (Å²) in [4.78, 5) is 26.3. The van der Waals surface area contributed by atoms with Crippen LogP contribution in [0, 0.1) is 5.41 Å². The summed E-state index contributed by atoms with van der Waals surface area (Å²) >= 11 is 0. The molecule has 0 aliphatic heterocycles. The standard InChI is InChI=1S/C17H19NO4/c1-17(2,16(20)21)10-14-13(8-9-18-14)15(19)22-11-12-6-4-3-5-7-12/h3-9,18H,10-11H2,1-2H3,(H,20,21). The van der Waals surface area contributed by atoms with E-state index in [1.165, 1.54) is 0 Å². The molecule has 1 heterocycles. The Morgan fingerprint density at radius 3 is 2.50 bits per heavy atom. The first-order valence-electron chi connectivity index (χ1n) is 7.01. The third kappa shape index (κ3) is 3.75. The zero-order valence-corrected chi connectivity index (χ0v) is 12.6. The number of rotatable bonds is 6. The molecule has 0 bridgehead atoms. The number of carbonyl (C=O) groups excluding carboxylic acids is 1. The molecular weight excluding hydrogens is 282 g/mol. The van der Waals surface area contributed by atoms with Gasteiger partial charge in [-0.2, -0.15) is 0 Å². The van der Waals surface area contributed by atoms with Gasteiger partial charge in [0, 0.05) is 18.3 Å². The van der Waals surface area contributed by atoms with Crippen molar-refractivity contribution in [2.24, 2.45) is 5.41 Å². The van der Waals surface area contributed by atoms with Crippen LogP contribution in [-0.4, -0.2) is 22.0 Å². The van der Waals surface area contributed by atoms with Crippen LogP contribution in [0.5, 0.6) is 0 Å². The highest BCUT2D eigenvalue weighted by Gasteiger charge is 2.30. The number of hydrogen-bond acceptors (Lipinski definition) is 3. The molecule has 0 radical (unpaired) electrons. The highest BCUT2D eigenvalue weighted by Crippen LogP contribution is 2.24. The molecule has 1 aromatic carbocycles. The summed E-state index contributed by atoms with van der Waals surface area (Å²) in [7, 11) is 0. The van der Waals surface area contributed by atoms with Crippen LogP contribution in [0.1, 0.15) is 35.5 Å². The van der Waals surface area contributed by atoms with Crippen molar-refractivity contribution in [1.29, 1.82) is 0 Å². The van der Waals surface area contributed by atoms with Gasteiger partial charge in [0.15, 0.2) is 0 Å². The Morgan fingerprint density at radius 2 is 1.86 bits per heavy atom. The van der Waals surface area contributed by atoms with E-state index in [1.807, 2.05) is 30.3 Å². The monoisotopic (exact) mass is 301 g/mol. The van der Waals surface area contributed by atoms with Crippen LogP contribution < -0.4 is 0 Å². The molecule has 2 N–H and O–H groups in total. The van der Waals surface area contributed by atoms with Crippen LogP contribution in [0.15, 0.2) is 42.6 Å². The molecule has 22 heavy (non-hydrogen) atoms. The molecule has 2 aromatic rings. The van der Waals surface area contributed by atoms with Crippen molar-refractivity contribution >= 4 is 11.9 Å². The number of ether oxygens (including phenoxy) is 1. The lowest BCUT2D eigenvalue weighted by molar-refractivity contribution is -0.146. The van der Waals surface area contributed by atoms with Gasteiger partial charge < -0.3 is 14.8 Å². The lowest BCUT2D eigenvalue weighted by Crippen LogP contribution is -2.27. The molecule has 0 atom stereocenters. The van der Waals surface area contributed by atoms with Crippen LogP contribution in [0.25, 0.3) is 0 Å². The number of aliphatic carboxylic acids is 1. The third-order valence-corrected chi connectivity index (χ3v) is 3.46. The number of aromatic amines is 1. The van der Waals surface area contributed by atoms with E-state index < -0.39 is 17.4 Å². The normalized spacial score (nSPS) is 11.2. The second-order valence-corrected chi connectivity index (χ2v) is 5.80. The molecular formula is C17H19NO4. The summed E-state index contributed by atoms with van der Waals surface area (Å²) in [5.41, 5.74) is 0.897. The molecule has 1 aromatic heterocycles. The van der Waals surface area contributed by atoms with E-state index >= 15 is 0 Å². The molecule has 5 heteroatoms. The minimum absolute atomic E-state index is 0.187. The fourth-order valence-electron chi connectivity index (χ4n) is 2.06. The van der Waals surface area contributed by atoms with Crippen molar-refractivity contribution in [2.45, 2.75) is 26.9 Å². The number of H-pyrrole nitrogens is 1. The second-order valence-electron chi connectivity index (χ2n) is 5.80. The van der Waals surface area contributed by atoms with Crippen LogP contribution in [-0.2, 0) is 22.6 Å². The zero-order chi connectivity index (χ0) is 16.2. The maximum atomic E-state index is 12.2. The summed E-state index contributed by atoms with van der Waals surface area (Å²) < 4.78 is 5.28. The Hall–Kier alpha value is -2.56. The van der Waals surface area contributed by atoms with E-state index in [0.29, 0.717) is 11.3 Å². The number of carboxylic acid groups (broad SMARTS) is 1. The third-order valence-electron chi connectivity index (χ3n) is 3.46. The van der Waals surface area contributed by atoms with E-state index in [9.17, 15) is 14.7 Å². The van der Waals surface area contributed by atoms with E-state index in [4.69, 9.17) is 4.74 Å². The Bertz CT molecular complexity index is 658.